The van der Waals surface area contributed by atoms with Gasteiger partial charge in [-0.1, -0.05) is 13.0 Å². The summed E-state index contributed by atoms with van der Waals surface area (Å²) in [6.45, 7) is 6.38. The first-order valence-electron chi connectivity index (χ1n) is 9.38. The molecule has 5 heteroatoms. The molecule has 1 atom stereocenters. The van der Waals surface area contributed by atoms with Gasteiger partial charge >= 0.3 is 0 Å². The van der Waals surface area contributed by atoms with Crippen LogP contribution in [0.25, 0.3) is 0 Å². The van der Waals surface area contributed by atoms with Gasteiger partial charge in [-0.25, -0.2) is 8.78 Å². The van der Waals surface area contributed by atoms with E-state index in [0.29, 0.717) is 17.8 Å². The van der Waals surface area contributed by atoms with Crippen molar-refractivity contribution in [1.82, 2.24) is 9.88 Å². The van der Waals surface area contributed by atoms with E-state index in [-0.39, 0.29) is 11.9 Å². The molecule has 0 fully saturated rings. The molecule has 0 saturated carbocycles. The molecule has 3 nitrogen and oxygen atoms in total. The van der Waals surface area contributed by atoms with Gasteiger partial charge < -0.3 is 9.88 Å². The van der Waals surface area contributed by atoms with E-state index < -0.39 is 11.6 Å². The largest absolute Gasteiger partial charge is 0.348 e. The Morgan fingerprint density at radius 2 is 1.96 bits per heavy atom. The van der Waals surface area contributed by atoms with Crippen molar-refractivity contribution in [2.45, 2.75) is 65.5 Å². The molecule has 1 heterocycles. The first-order valence-corrected chi connectivity index (χ1v) is 9.38. The zero-order chi connectivity index (χ0) is 18.8. The van der Waals surface area contributed by atoms with E-state index in [1.165, 1.54) is 11.6 Å². The number of hydrogen-bond acceptors (Lipinski definition) is 1. The maximum absolute atomic E-state index is 13.6. The highest BCUT2D eigenvalue weighted by Crippen LogP contribution is 2.30. The van der Waals surface area contributed by atoms with Crippen LogP contribution in [0.5, 0.6) is 0 Å². The van der Waals surface area contributed by atoms with Gasteiger partial charge in [0.15, 0.2) is 11.6 Å². The van der Waals surface area contributed by atoms with Crippen LogP contribution < -0.4 is 5.32 Å². The molecule has 1 N–H and O–H groups in total. The maximum atomic E-state index is 13.6. The minimum absolute atomic E-state index is 0.0885. The number of benzene rings is 1. The Morgan fingerprint density at radius 3 is 2.65 bits per heavy atom. The van der Waals surface area contributed by atoms with Crippen molar-refractivity contribution in [3.8, 4) is 0 Å². The van der Waals surface area contributed by atoms with Crippen molar-refractivity contribution >= 4 is 5.91 Å². The second-order valence-electron chi connectivity index (χ2n) is 7.22. The van der Waals surface area contributed by atoms with Crippen LogP contribution in [0.4, 0.5) is 8.78 Å². The fourth-order valence-corrected chi connectivity index (χ4v) is 3.75. The zero-order valence-corrected chi connectivity index (χ0v) is 15.7. The van der Waals surface area contributed by atoms with Crippen LogP contribution in [0.15, 0.2) is 18.2 Å². The topological polar surface area (TPSA) is 34.0 Å². The SMILES string of the molecule is CC[C@@H](C)NC(=O)c1c(C)c2c(n1Cc1ccc(F)c(F)c1)CCCC2. The molecule has 1 aromatic carbocycles. The molecule has 1 aliphatic carbocycles. The Balaban J connectivity index is 2.04. The number of nitrogens with one attached hydrogen (secondary N) is 1. The Bertz CT molecular complexity index is 826. The number of rotatable bonds is 5. The monoisotopic (exact) mass is 360 g/mol. The standard InChI is InChI=1S/C21H26F2N2O/c1-4-13(2)24-21(26)20-14(3)16-7-5-6-8-19(16)25(20)12-15-9-10-17(22)18(23)11-15/h9-11,13H,4-8,12H2,1-3H3,(H,24,26)/t13-/m1/s1. The Kier molecular flexibility index (Phi) is 5.44. The lowest BCUT2D eigenvalue weighted by Crippen LogP contribution is -2.34. The lowest BCUT2D eigenvalue weighted by molar-refractivity contribution is 0.0929. The van der Waals surface area contributed by atoms with Crippen LogP contribution in [0, 0.1) is 18.6 Å². The van der Waals surface area contributed by atoms with Crippen LogP contribution >= 0.6 is 0 Å². The molecular weight excluding hydrogens is 334 g/mol. The lowest BCUT2D eigenvalue weighted by atomic mass is 9.95. The number of fused-ring (bicyclic) bond motifs is 1. The minimum atomic E-state index is -0.856. The molecule has 1 aliphatic rings. The van der Waals surface area contributed by atoms with Gasteiger partial charge in [-0.15, -0.1) is 0 Å². The highest BCUT2D eigenvalue weighted by atomic mass is 19.2. The zero-order valence-electron chi connectivity index (χ0n) is 15.7. The summed E-state index contributed by atoms with van der Waals surface area (Å²) in [5.74, 6) is -1.80. The van der Waals surface area contributed by atoms with Crippen molar-refractivity contribution in [3.05, 3.63) is 57.9 Å². The average Bonchev–Trinajstić information content (AvgIpc) is 2.90. The summed E-state index contributed by atoms with van der Waals surface area (Å²) in [5.41, 5.74) is 4.73. The molecule has 0 aliphatic heterocycles. The van der Waals surface area contributed by atoms with Gasteiger partial charge in [0.05, 0.1) is 0 Å². The van der Waals surface area contributed by atoms with Gasteiger partial charge in [-0.2, -0.15) is 0 Å². The fraction of sp³-hybridized carbons (Fsp3) is 0.476. The van der Waals surface area contributed by atoms with Crippen LogP contribution in [0.2, 0.25) is 0 Å². The molecule has 0 saturated heterocycles. The van der Waals surface area contributed by atoms with Gasteiger partial charge in [-0.05, 0) is 74.8 Å². The van der Waals surface area contributed by atoms with Gasteiger partial charge in [0, 0.05) is 18.3 Å². The highest BCUT2D eigenvalue weighted by molar-refractivity contribution is 5.95. The van der Waals surface area contributed by atoms with E-state index in [2.05, 4.69) is 5.32 Å². The summed E-state index contributed by atoms with van der Waals surface area (Å²) in [6.07, 6.45) is 4.94. The first-order chi connectivity index (χ1) is 12.4. The molecule has 2 aromatic rings. The molecule has 140 valence electrons. The summed E-state index contributed by atoms with van der Waals surface area (Å²) in [5, 5.41) is 3.05. The molecule has 3 rings (SSSR count). The summed E-state index contributed by atoms with van der Waals surface area (Å²) < 4.78 is 28.9. The maximum Gasteiger partial charge on any atom is 0.268 e. The number of halogens is 2. The summed E-state index contributed by atoms with van der Waals surface area (Å²) in [7, 11) is 0. The third-order valence-electron chi connectivity index (χ3n) is 5.37. The Hall–Kier alpha value is -2.17. The smallest absolute Gasteiger partial charge is 0.268 e. The minimum Gasteiger partial charge on any atom is -0.348 e. The van der Waals surface area contributed by atoms with Crippen LogP contribution in [0.3, 0.4) is 0 Å². The van der Waals surface area contributed by atoms with E-state index >= 15 is 0 Å². The number of amides is 1. The molecule has 0 spiro atoms. The van der Waals surface area contributed by atoms with E-state index in [0.717, 1.165) is 49.4 Å². The van der Waals surface area contributed by atoms with Crippen LogP contribution in [-0.2, 0) is 19.4 Å². The van der Waals surface area contributed by atoms with Gasteiger partial charge in [0.1, 0.15) is 5.69 Å². The van der Waals surface area contributed by atoms with Crippen LogP contribution in [-0.4, -0.2) is 16.5 Å². The summed E-state index contributed by atoms with van der Waals surface area (Å²) >= 11 is 0. The highest BCUT2D eigenvalue weighted by Gasteiger charge is 2.26. The molecule has 1 amide bonds. The quantitative estimate of drug-likeness (QED) is 0.835. The molecule has 0 unspecified atom stereocenters. The third-order valence-corrected chi connectivity index (χ3v) is 5.37. The average molecular weight is 360 g/mol. The Morgan fingerprint density at radius 1 is 1.23 bits per heavy atom. The predicted molar refractivity (Wildman–Crippen MR) is 98.5 cm³/mol. The molecule has 0 bridgehead atoms. The van der Waals surface area contributed by atoms with Crippen molar-refractivity contribution in [1.29, 1.82) is 0 Å². The first kappa shape index (κ1) is 18.6. The fourth-order valence-electron chi connectivity index (χ4n) is 3.75. The summed E-state index contributed by atoms with van der Waals surface area (Å²) in [6, 6.07) is 4.03. The van der Waals surface area contributed by atoms with Gasteiger partial charge in [0.2, 0.25) is 0 Å². The van der Waals surface area contributed by atoms with Crippen molar-refractivity contribution < 1.29 is 13.6 Å². The van der Waals surface area contributed by atoms with E-state index in [4.69, 9.17) is 0 Å². The van der Waals surface area contributed by atoms with Gasteiger partial charge in [-0.3, -0.25) is 4.79 Å². The molecular formula is C21H26F2N2O. The normalized spacial score (nSPS) is 14.8. The van der Waals surface area contributed by atoms with E-state index in [9.17, 15) is 13.6 Å². The van der Waals surface area contributed by atoms with Gasteiger partial charge in [0.25, 0.3) is 5.91 Å². The molecule has 1 aromatic heterocycles. The lowest BCUT2D eigenvalue weighted by Gasteiger charge is -2.18. The van der Waals surface area contributed by atoms with Crippen LogP contribution in [0.1, 0.15) is 66.0 Å². The number of nitrogens with zero attached hydrogens (tertiary/aromatic N) is 1. The predicted octanol–water partition coefficient (Wildman–Crippen LogP) is 4.53. The van der Waals surface area contributed by atoms with E-state index in [1.807, 2.05) is 25.3 Å². The number of aromatic nitrogens is 1. The second-order valence-corrected chi connectivity index (χ2v) is 7.22. The Labute approximate surface area is 153 Å². The molecule has 26 heavy (non-hydrogen) atoms. The van der Waals surface area contributed by atoms with Crippen molar-refractivity contribution in [2.75, 3.05) is 0 Å². The second kappa shape index (κ2) is 7.60. The number of carbonyl (C=O) groups is 1. The van der Waals surface area contributed by atoms with Crippen molar-refractivity contribution in [2.24, 2.45) is 0 Å². The molecule has 0 radical (unpaired) electrons. The summed E-state index contributed by atoms with van der Waals surface area (Å²) in [4.78, 5) is 12.9. The van der Waals surface area contributed by atoms with Crippen molar-refractivity contribution in [3.63, 3.8) is 0 Å². The number of carbonyl (C=O) groups excluding carboxylic acids is 1. The number of hydrogen-bond donors (Lipinski definition) is 1. The van der Waals surface area contributed by atoms with E-state index in [1.54, 1.807) is 6.07 Å². The third kappa shape index (κ3) is 3.53.